The minimum Gasteiger partial charge on any atom is -0.390 e. The monoisotopic (exact) mass is 198 g/mol. The van der Waals surface area contributed by atoms with Gasteiger partial charge in [0.1, 0.15) is 6.61 Å². The number of hydrogen-bond donors (Lipinski definition) is 1. The molecule has 0 amide bonds. The molecule has 2 rings (SSSR count). The maximum Gasteiger partial charge on any atom is 0.155 e. The van der Waals surface area contributed by atoms with E-state index in [0.29, 0.717) is 6.61 Å². The van der Waals surface area contributed by atoms with E-state index in [4.69, 9.17) is 4.74 Å². The molecule has 0 atom stereocenters. The van der Waals surface area contributed by atoms with Gasteiger partial charge in [0.2, 0.25) is 0 Å². The molecule has 80 valence electrons. The number of fused-ring (bicyclic) bond motifs is 2. The van der Waals surface area contributed by atoms with Gasteiger partial charge in [0.15, 0.2) is 5.78 Å². The van der Waals surface area contributed by atoms with Crippen molar-refractivity contribution in [3.8, 4) is 0 Å². The highest BCUT2D eigenvalue weighted by molar-refractivity contribution is 5.76. The lowest BCUT2D eigenvalue weighted by atomic mass is 9.85. The molecule has 0 aliphatic heterocycles. The number of aliphatic hydroxyl groups is 1. The largest absolute Gasteiger partial charge is 0.390 e. The summed E-state index contributed by atoms with van der Waals surface area (Å²) in [5.41, 5.74) is -0.218. The fourth-order valence-electron chi connectivity index (χ4n) is 2.90. The van der Waals surface area contributed by atoms with Crippen molar-refractivity contribution in [3.05, 3.63) is 0 Å². The van der Waals surface area contributed by atoms with Crippen molar-refractivity contribution >= 4 is 5.78 Å². The van der Waals surface area contributed by atoms with E-state index in [2.05, 4.69) is 0 Å². The molecule has 1 N–H and O–H groups in total. The highest BCUT2D eigenvalue weighted by Crippen LogP contribution is 2.56. The highest BCUT2D eigenvalue weighted by atomic mass is 16.5. The van der Waals surface area contributed by atoms with Crippen LogP contribution in [0, 0.1) is 5.41 Å². The number of ketones is 1. The summed E-state index contributed by atoms with van der Waals surface area (Å²) in [5, 5.41) is 9.99. The molecule has 0 saturated heterocycles. The Bertz CT molecular complexity index is 239. The van der Waals surface area contributed by atoms with Gasteiger partial charge in [-0.25, -0.2) is 0 Å². The molecule has 14 heavy (non-hydrogen) atoms. The normalized spacial score (nSPS) is 40.4. The second kappa shape index (κ2) is 3.31. The Kier molecular flexibility index (Phi) is 2.40. The predicted octanol–water partition coefficient (Wildman–Crippen LogP) is 1.29. The SMILES string of the molecule is CC(=O)COCC12CCC(O)(CC1)C2. The molecule has 0 aromatic heterocycles. The molecule has 0 unspecified atom stereocenters. The molecular formula is C11H18O3. The van der Waals surface area contributed by atoms with E-state index in [1.165, 1.54) is 6.92 Å². The number of Topliss-reactive ketones (excluding diaryl/α,β-unsaturated/α-hetero) is 1. The lowest BCUT2D eigenvalue weighted by Crippen LogP contribution is -2.23. The van der Waals surface area contributed by atoms with E-state index in [0.717, 1.165) is 32.1 Å². The highest BCUT2D eigenvalue weighted by Gasteiger charge is 2.53. The van der Waals surface area contributed by atoms with Gasteiger partial charge in [-0.1, -0.05) is 0 Å². The van der Waals surface area contributed by atoms with Crippen molar-refractivity contribution in [1.82, 2.24) is 0 Å². The van der Waals surface area contributed by atoms with Crippen LogP contribution in [0.1, 0.15) is 39.0 Å². The molecule has 2 aliphatic carbocycles. The summed E-state index contributed by atoms with van der Waals surface area (Å²) in [6.45, 7) is 2.41. The summed E-state index contributed by atoms with van der Waals surface area (Å²) >= 11 is 0. The van der Waals surface area contributed by atoms with Crippen LogP contribution < -0.4 is 0 Å². The van der Waals surface area contributed by atoms with E-state index >= 15 is 0 Å². The van der Waals surface area contributed by atoms with Crippen molar-refractivity contribution in [2.24, 2.45) is 5.41 Å². The molecule has 0 aromatic carbocycles. The Labute approximate surface area is 84.4 Å². The first-order valence-electron chi connectivity index (χ1n) is 5.33. The molecule has 3 heteroatoms. The zero-order valence-electron chi connectivity index (χ0n) is 8.71. The van der Waals surface area contributed by atoms with Gasteiger partial charge in [0, 0.05) is 0 Å². The van der Waals surface area contributed by atoms with Gasteiger partial charge < -0.3 is 9.84 Å². The van der Waals surface area contributed by atoms with Crippen LogP contribution in [0.2, 0.25) is 0 Å². The lowest BCUT2D eigenvalue weighted by Gasteiger charge is -2.25. The topological polar surface area (TPSA) is 46.5 Å². The Balaban J connectivity index is 1.84. The molecule has 0 heterocycles. The van der Waals surface area contributed by atoms with Gasteiger partial charge >= 0.3 is 0 Å². The van der Waals surface area contributed by atoms with Gasteiger partial charge in [-0.05, 0) is 44.4 Å². The number of rotatable bonds is 4. The van der Waals surface area contributed by atoms with Crippen LogP contribution in [-0.2, 0) is 9.53 Å². The molecule has 2 bridgehead atoms. The van der Waals surface area contributed by atoms with Gasteiger partial charge in [0.05, 0.1) is 12.2 Å². The van der Waals surface area contributed by atoms with Gasteiger partial charge in [0.25, 0.3) is 0 Å². The molecule has 3 nitrogen and oxygen atoms in total. The zero-order valence-corrected chi connectivity index (χ0v) is 8.71. The molecule has 2 fully saturated rings. The van der Waals surface area contributed by atoms with Crippen molar-refractivity contribution in [2.45, 2.75) is 44.6 Å². The third kappa shape index (κ3) is 1.84. The number of carbonyl (C=O) groups is 1. The van der Waals surface area contributed by atoms with Crippen LogP contribution >= 0.6 is 0 Å². The maximum atomic E-state index is 10.7. The summed E-state index contributed by atoms with van der Waals surface area (Å²) in [5.74, 6) is 0.0765. The van der Waals surface area contributed by atoms with Crippen LogP contribution in [0.5, 0.6) is 0 Å². The number of ether oxygens (including phenoxy) is 1. The minimum atomic E-state index is -0.403. The molecule has 0 radical (unpaired) electrons. The summed E-state index contributed by atoms with van der Waals surface area (Å²) in [4.78, 5) is 10.7. The fraction of sp³-hybridized carbons (Fsp3) is 0.909. The standard InChI is InChI=1S/C11H18O3/c1-9(12)6-14-8-10-2-4-11(13,7-10)5-3-10/h13H,2-8H2,1H3. The van der Waals surface area contributed by atoms with Crippen molar-refractivity contribution < 1.29 is 14.6 Å². The van der Waals surface area contributed by atoms with E-state index in [1.807, 2.05) is 0 Å². The first kappa shape index (κ1) is 10.1. The Hall–Kier alpha value is -0.410. The molecular weight excluding hydrogens is 180 g/mol. The lowest BCUT2D eigenvalue weighted by molar-refractivity contribution is -0.122. The van der Waals surface area contributed by atoms with E-state index < -0.39 is 5.60 Å². The van der Waals surface area contributed by atoms with Gasteiger partial charge in [-0.15, -0.1) is 0 Å². The number of carbonyl (C=O) groups excluding carboxylic acids is 1. The first-order chi connectivity index (χ1) is 6.54. The van der Waals surface area contributed by atoms with Crippen LogP contribution in [0.3, 0.4) is 0 Å². The van der Waals surface area contributed by atoms with Crippen LogP contribution in [-0.4, -0.2) is 29.7 Å². The number of hydrogen-bond acceptors (Lipinski definition) is 3. The van der Waals surface area contributed by atoms with Gasteiger partial charge in [-0.2, -0.15) is 0 Å². The first-order valence-corrected chi connectivity index (χ1v) is 5.33. The minimum absolute atomic E-state index is 0.0765. The summed E-state index contributed by atoms with van der Waals surface area (Å²) in [6.07, 6.45) is 4.81. The zero-order chi connectivity index (χ0) is 10.2. The Morgan fingerprint density at radius 1 is 1.36 bits per heavy atom. The molecule has 2 saturated carbocycles. The van der Waals surface area contributed by atoms with Crippen LogP contribution in [0.25, 0.3) is 0 Å². The van der Waals surface area contributed by atoms with Crippen molar-refractivity contribution in [3.63, 3.8) is 0 Å². The summed E-state index contributed by atoms with van der Waals surface area (Å²) < 4.78 is 5.38. The second-order valence-corrected chi connectivity index (χ2v) is 5.10. The molecule has 2 aliphatic rings. The summed E-state index contributed by atoms with van der Waals surface area (Å²) in [7, 11) is 0. The molecule has 0 spiro atoms. The Morgan fingerprint density at radius 2 is 2.00 bits per heavy atom. The van der Waals surface area contributed by atoms with Crippen molar-refractivity contribution in [1.29, 1.82) is 0 Å². The fourth-order valence-corrected chi connectivity index (χ4v) is 2.90. The van der Waals surface area contributed by atoms with E-state index in [-0.39, 0.29) is 17.8 Å². The Morgan fingerprint density at radius 3 is 2.43 bits per heavy atom. The third-order valence-corrected chi connectivity index (χ3v) is 3.66. The van der Waals surface area contributed by atoms with E-state index in [1.54, 1.807) is 0 Å². The average molecular weight is 198 g/mol. The third-order valence-electron chi connectivity index (χ3n) is 3.66. The smallest absolute Gasteiger partial charge is 0.155 e. The van der Waals surface area contributed by atoms with Gasteiger partial charge in [-0.3, -0.25) is 4.79 Å². The van der Waals surface area contributed by atoms with Crippen molar-refractivity contribution in [2.75, 3.05) is 13.2 Å². The quantitative estimate of drug-likeness (QED) is 0.740. The van der Waals surface area contributed by atoms with Crippen LogP contribution in [0.15, 0.2) is 0 Å². The maximum absolute atomic E-state index is 10.7. The molecule has 0 aromatic rings. The van der Waals surface area contributed by atoms with Crippen LogP contribution in [0.4, 0.5) is 0 Å². The predicted molar refractivity (Wildman–Crippen MR) is 52.0 cm³/mol. The van der Waals surface area contributed by atoms with E-state index in [9.17, 15) is 9.90 Å². The summed E-state index contributed by atoms with van der Waals surface area (Å²) in [6, 6.07) is 0. The second-order valence-electron chi connectivity index (χ2n) is 5.10. The average Bonchev–Trinajstić information content (AvgIpc) is 2.57.